The van der Waals surface area contributed by atoms with E-state index in [1.165, 1.54) is 25.6 Å². The quantitative estimate of drug-likeness (QED) is 0.788. The number of nitrogens with one attached hydrogen (secondary N) is 1. The molecule has 0 aliphatic heterocycles. The van der Waals surface area contributed by atoms with Gasteiger partial charge in [-0.1, -0.05) is 6.07 Å². The van der Waals surface area contributed by atoms with E-state index in [0.29, 0.717) is 0 Å². The molecule has 6 nitrogen and oxygen atoms in total. The molecule has 0 aliphatic rings. The molecule has 1 N–H and O–H groups in total. The van der Waals surface area contributed by atoms with Crippen molar-refractivity contribution in [3.8, 4) is 10.7 Å². The van der Waals surface area contributed by atoms with Crippen LogP contribution in [0.2, 0.25) is 0 Å². The van der Waals surface area contributed by atoms with Gasteiger partial charge in [0.15, 0.2) is 6.29 Å². The van der Waals surface area contributed by atoms with Crippen LogP contribution in [-0.2, 0) is 20.7 Å². The third-order valence-electron chi connectivity index (χ3n) is 3.04. The van der Waals surface area contributed by atoms with Crippen molar-refractivity contribution >= 4 is 17.2 Å². The Morgan fingerprint density at radius 3 is 2.77 bits per heavy atom. The lowest BCUT2D eigenvalue weighted by Crippen LogP contribution is -2.43. The fourth-order valence-corrected chi connectivity index (χ4v) is 2.83. The van der Waals surface area contributed by atoms with Gasteiger partial charge in [0.05, 0.1) is 23.9 Å². The molecule has 7 heteroatoms. The van der Waals surface area contributed by atoms with Gasteiger partial charge in [-0.2, -0.15) is 0 Å². The van der Waals surface area contributed by atoms with Crippen molar-refractivity contribution in [2.24, 2.45) is 0 Å². The first-order valence-corrected chi connectivity index (χ1v) is 7.72. The molecule has 0 fully saturated rings. The van der Waals surface area contributed by atoms with E-state index < -0.39 is 6.29 Å². The molecule has 1 unspecified atom stereocenters. The maximum absolute atomic E-state index is 12.0. The van der Waals surface area contributed by atoms with Gasteiger partial charge in [-0.3, -0.25) is 9.78 Å². The van der Waals surface area contributed by atoms with Crippen LogP contribution in [0, 0.1) is 0 Å². The van der Waals surface area contributed by atoms with Gasteiger partial charge in [-0.25, -0.2) is 4.98 Å². The molecule has 0 bridgehead atoms. The number of pyridine rings is 1. The fourth-order valence-electron chi connectivity index (χ4n) is 2.04. The summed E-state index contributed by atoms with van der Waals surface area (Å²) in [7, 11) is 3.08. The number of nitrogens with zero attached hydrogens (tertiary/aromatic N) is 2. The summed E-state index contributed by atoms with van der Waals surface area (Å²) in [6.07, 6.45) is 1.47. The zero-order valence-corrected chi connectivity index (χ0v) is 13.6. The Hall–Kier alpha value is -1.83. The van der Waals surface area contributed by atoms with E-state index in [9.17, 15) is 4.79 Å². The molecule has 2 heterocycles. The molecule has 0 aliphatic carbocycles. The molecule has 2 rings (SSSR count). The van der Waals surface area contributed by atoms with Crippen LogP contribution in [-0.4, -0.2) is 42.4 Å². The molecular weight excluding hydrogens is 302 g/mol. The second-order valence-corrected chi connectivity index (χ2v) is 5.59. The van der Waals surface area contributed by atoms with Crippen molar-refractivity contribution in [2.75, 3.05) is 14.2 Å². The highest BCUT2D eigenvalue weighted by atomic mass is 32.1. The highest BCUT2D eigenvalue weighted by molar-refractivity contribution is 7.13. The lowest BCUT2D eigenvalue weighted by molar-refractivity contribution is -0.135. The van der Waals surface area contributed by atoms with Gasteiger partial charge in [0.25, 0.3) is 0 Å². The van der Waals surface area contributed by atoms with Crippen LogP contribution < -0.4 is 5.32 Å². The molecule has 118 valence electrons. The van der Waals surface area contributed by atoms with Crippen molar-refractivity contribution in [1.82, 2.24) is 15.3 Å². The number of hydrogen-bond donors (Lipinski definition) is 1. The normalized spacial score (nSPS) is 12.4. The highest BCUT2D eigenvalue weighted by Crippen LogP contribution is 2.21. The summed E-state index contributed by atoms with van der Waals surface area (Å²) in [5.74, 6) is -0.121. The topological polar surface area (TPSA) is 73.3 Å². The monoisotopic (exact) mass is 321 g/mol. The Morgan fingerprint density at radius 2 is 2.14 bits per heavy atom. The number of ether oxygens (including phenoxy) is 2. The first-order valence-electron chi connectivity index (χ1n) is 6.84. The Kier molecular flexibility index (Phi) is 6.00. The standard InChI is InChI=1S/C15H19N3O3S/c1-10(15(20-2)21-3)17-13(19)8-11-9-22-14(18-11)12-6-4-5-7-16-12/h4-7,9-10,15H,8H2,1-3H3,(H,17,19). The summed E-state index contributed by atoms with van der Waals surface area (Å²) in [6.45, 7) is 1.83. The molecular formula is C15H19N3O3S. The molecule has 1 amide bonds. The molecule has 2 aromatic heterocycles. The molecule has 0 radical (unpaired) electrons. The van der Waals surface area contributed by atoms with Gasteiger partial charge in [-0.15, -0.1) is 11.3 Å². The SMILES string of the molecule is COC(OC)C(C)NC(=O)Cc1csc(-c2ccccn2)n1. The lowest BCUT2D eigenvalue weighted by atomic mass is 10.2. The van der Waals surface area contributed by atoms with E-state index in [1.807, 2.05) is 30.5 Å². The average Bonchev–Trinajstić information content (AvgIpc) is 2.97. The zero-order valence-electron chi connectivity index (χ0n) is 12.8. The maximum atomic E-state index is 12.0. The minimum Gasteiger partial charge on any atom is -0.354 e. The number of hydrogen-bond acceptors (Lipinski definition) is 6. The number of carbonyl (C=O) groups excluding carboxylic acids is 1. The molecule has 0 aromatic carbocycles. The average molecular weight is 321 g/mol. The third-order valence-corrected chi connectivity index (χ3v) is 3.95. The summed E-state index contributed by atoms with van der Waals surface area (Å²) >= 11 is 1.48. The van der Waals surface area contributed by atoms with E-state index in [2.05, 4.69) is 15.3 Å². The Balaban J connectivity index is 1.94. The summed E-state index contributed by atoms with van der Waals surface area (Å²) in [6, 6.07) is 5.42. The van der Waals surface area contributed by atoms with E-state index in [1.54, 1.807) is 6.20 Å². The van der Waals surface area contributed by atoms with Crippen LogP contribution in [0.25, 0.3) is 10.7 Å². The van der Waals surface area contributed by atoms with E-state index in [-0.39, 0.29) is 18.4 Å². The van der Waals surface area contributed by atoms with Crippen LogP contribution >= 0.6 is 11.3 Å². The minimum absolute atomic E-state index is 0.121. The van der Waals surface area contributed by atoms with Gasteiger partial charge < -0.3 is 14.8 Å². The van der Waals surface area contributed by atoms with E-state index in [4.69, 9.17) is 9.47 Å². The lowest BCUT2D eigenvalue weighted by Gasteiger charge is -2.21. The molecule has 0 saturated heterocycles. The molecule has 22 heavy (non-hydrogen) atoms. The Morgan fingerprint density at radius 1 is 1.36 bits per heavy atom. The number of carbonyl (C=O) groups is 1. The van der Waals surface area contributed by atoms with Gasteiger partial charge in [0, 0.05) is 25.8 Å². The van der Waals surface area contributed by atoms with Crippen LogP contribution in [0.1, 0.15) is 12.6 Å². The van der Waals surface area contributed by atoms with Crippen molar-refractivity contribution in [3.05, 3.63) is 35.5 Å². The van der Waals surface area contributed by atoms with Crippen LogP contribution in [0.15, 0.2) is 29.8 Å². The number of rotatable bonds is 7. The van der Waals surface area contributed by atoms with E-state index >= 15 is 0 Å². The predicted molar refractivity (Wildman–Crippen MR) is 84.5 cm³/mol. The number of thiazole rings is 1. The Labute approximate surface area is 133 Å². The second-order valence-electron chi connectivity index (χ2n) is 4.73. The summed E-state index contributed by atoms with van der Waals surface area (Å²) in [5.41, 5.74) is 1.54. The third kappa shape index (κ3) is 4.33. The predicted octanol–water partition coefficient (Wildman–Crippen LogP) is 1.87. The van der Waals surface area contributed by atoms with Gasteiger partial charge in [-0.05, 0) is 19.1 Å². The molecule has 1 atom stereocenters. The van der Waals surface area contributed by atoms with Gasteiger partial charge in [0.1, 0.15) is 5.01 Å². The zero-order chi connectivity index (χ0) is 15.9. The summed E-state index contributed by atoms with van der Waals surface area (Å²) < 4.78 is 10.2. The minimum atomic E-state index is -0.469. The smallest absolute Gasteiger partial charge is 0.226 e. The number of amides is 1. The van der Waals surface area contributed by atoms with Crippen LogP contribution in [0.3, 0.4) is 0 Å². The second kappa shape index (κ2) is 7.98. The largest absolute Gasteiger partial charge is 0.354 e. The van der Waals surface area contributed by atoms with Crippen molar-refractivity contribution in [2.45, 2.75) is 25.7 Å². The van der Waals surface area contributed by atoms with Crippen molar-refractivity contribution in [1.29, 1.82) is 0 Å². The Bertz CT molecular complexity index is 599. The van der Waals surface area contributed by atoms with Crippen molar-refractivity contribution in [3.63, 3.8) is 0 Å². The first kappa shape index (κ1) is 16.5. The van der Waals surface area contributed by atoms with E-state index in [0.717, 1.165) is 16.4 Å². The molecule has 0 saturated carbocycles. The number of methoxy groups -OCH3 is 2. The van der Waals surface area contributed by atoms with Crippen LogP contribution in [0.5, 0.6) is 0 Å². The molecule has 0 spiro atoms. The highest BCUT2D eigenvalue weighted by Gasteiger charge is 2.18. The van der Waals surface area contributed by atoms with Crippen molar-refractivity contribution < 1.29 is 14.3 Å². The van der Waals surface area contributed by atoms with Crippen LogP contribution in [0.4, 0.5) is 0 Å². The summed E-state index contributed by atoms with van der Waals surface area (Å²) in [4.78, 5) is 20.7. The molecule has 2 aromatic rings. The van der Waals surface area contributed by atoms with Gasteiger partial charge in [0.2, 0.25) is 5.91 Å². The first-order chi connectivity index (χ1) is 10.6. The van der Waals surface area contributed by atoms with Gasteiger partial charge >= 0.3 is 0 Å². The summed E-state index contributed by atoms with van der Waals surface area (Å²) in [5, 5.41) is 5.52. The number of aromatic nitrogens is 2. The fraction of sp³-hybridized carbons (Fsp3) is 0.400. The maximum Gasteiger partial charge on any atom is 0.226 e.